The van der Waals surface area contributed by atoms with E-state index in [1.54, 1.807) is 6.21 Å². The number of carbonyl (C=O) groups is 1. The third-order valence-corrected chi connectivity index (χ3v) is 4.53. The zero-order valence-electron chi connectivity index (χ0n) is 12.7. The molecule has 0 bridgehead atoms. The molecule has 21 heavy (non-hydrogen) atoms. The molecule has 1 heterocycles. The SMILES string of the molecule is CC1=NC(OC2CCCC2)C(C(=O)OC2CCCC2)C=N1. The molecule has 0 aromatic heterocycles. The van der Waals surface area contributed by atoms with Gasteiger partial charge in [-0.05, 0) is 45.4 Å². The van der Waals surface area contributed by atoms with E-state index in [4.69, 9.17) is 9.47 Å². The van der Waals surface area contributed by atoms with E-state index in [0.717, 1.165) is 38.5 Å². The van der Waals surface area contributed by atoms with Gasteiger partial charge in [0.15, 0.2) is 6.23 Å². The van der Waals surface area contributed by atoms with E-state index in [1.165, 1.54) is 12.8 Å². The standard InChI is InChI=1S/C16H24N2O3/c1-11-17-10-14(16(19)21-13-8-4-5-9-13)15(18-11)20-12-6-2-3-7-12/h10,12-15H,2-9H2,1H3. The highest BCUT2D eigenvalue weighted by Crippen LogP contribution is 2.27. The normalized spacial score (nSPS) is 30.6. The summed E-state index contributed by atoms with van der Waals surface area (Å²) in [7, 11) is 0. The largest absolute Gasteiger partial charge is 0.462 e. The number of hydrogen-bond acceptors (Lipinski definition) is 5. The minimum Gasteiger partial charge on any atom is -0.462 e. The molecule has 2 aliphatic carbocycles. The van der Waals surface area contributed by atoms with Gasteiger partial charge in [-0.2, -0.15) is 0 Å². The van der Waals surface area contributed by atoms with Crippen molar-refractivity contribution in [2.75, 3.05) is 0 Å². The Labute approximate surface area is 125 Å². The van der Waals surface area contributed by atoms with E-state index in [0.29, 0.717) is 5.84 Å². The van der Waals surface area contributed by atoms with Crippen molar-refractivity contribution < 1.29 is 14.3 Å². The van der Waals surface area contributed by atoms with Crippen molar-refractivity contribution in [3.8, 4) is 0 Å². The Morgan fingerprint density at radius 2 is 1.71 bits per heavy atom. The lowest BCUT2D eigenvalue weighted by atomic mass is 10.1. The van der Waals surface area contributed by atoms with Crippen LogP contribution >= 0.6 is 0 Å². The van der Waals surface area contributed by atoms with Crippen LogP contribution in [0.15, 0.2) is 9.98 Å². The van der Waals surface area contributed by atoms with E-state index in [2.05, 4.69) is 9.98 Å². The minimum absolute atomic E-state index is 0.0741. The molecule has 2 unspecified atom stereocenters. The summed E-state index contributed by atoms with van der Waals surface area (Å²) in [4.78, 5) is 21.0. The second-order valence-corrected chi connectivity index (χ2v) is 6.26. The van der Waals surface area contributed by atoms with Gasteiger partial charge >= 0.3 is 5.97 Å². The summed E-state index contributed by atoms with van der Waals surface area (Å²) >= 11 is 0. The van der Waals surface area contributed by atoms with Crippen LogP contribution in [0, 0.1) is 5.92 Å². The van der Waals surface area contributed by atoms with Gasteiger partial charge < -0.3 is 9.47 Å². The van der Waals surface area contributed by atoms with Gasteiger partial charge in [0.05, 0.1) is 6.10 Å². The van der Waals surface area contributed by atoms with Crippen LogP contribution in [0.1, 0.15) is 58.3 Å². The van der Waals surface area contributed by atoms with Crippen LogP contribution in [0.2, 0.25) is 0 Å². The molecule has 1 aliphatic heterocycles. The quantitative estimate of drug-likeness (QED) is 0.749. The molecule has 2 saturated carbocycles. The van der Waals surface area contributed by atoms with Crippen molar-refractivity contribution in [2.45, 2.75) is 76.7 Å². The summed E-state index contributed by atoms with van der Waals surface area (Å²) in [6.07, 6.45) is 10.3. The van der Waals surface area contributed by atoms with E-state index in [1.807, 2.05) is 6.92 Å². The number of carbonyl (C=O) groups excluding carboxylic acids is 1. The molecule has 0 radical (unpaired) electrons. The minimum atomic E-state index is -0.491. The Balaban J connectivity index is 1.62. The fourth-order valence-corrected chi connectivity index (χ4v) is 3.32. The number of amidine groups is 1. The summed E-state index contributed by atoms with van der Waals surface area (Å²) in [5, 5.41) is 0. The number of aliphatic imine (C=N–C) groups is 2. The number of nitrogens with zero attached hydrogens (tertiary/aromatic N) is 2. The molecular formula is C16H24N2O3. The lowest BCUT2D eigenvalue weighted by Crippen LogP contribution is -2.38. The van der Waals surface area contributed by atoms with Gasteiger partial charge in [0.2, 0.25) is 0 Å². The molecule has 0 spiro atoms. The topological polar surface area (TPSA) is 60.2 Å². The van der Waals surface area contributed by atoms with Crippen molar-refractivity contribution in [2.24, 2.45) is 15.9 Å². The van der Waals surface area contributed by atoms with Crippen LogP contribution in [0.4, 0.5) is 0 Å². The molecular weight excluding hydrogens is 268 g/mol. The summed E-state index contributed by atoms with van der Waals surface area (Å²) in [5.41, 5.74) is 0. The second-order valence-electron chi connectivity index (χ2n) is 6.26. The molecule has 3 rings (SSSR count). The first kappa shape index (κ1) is 14.7. The lowest BCUT2D eigenvalue weighted by molar-refractivity contribution is -0.156. The van der Waals surface area contributed by atoms with E-state index in [-0.39, 0.29) is 18.2 Å². The van der Waals surface area contributed by atoms with Gasteiger partial charge in [-0.1, -0.05) is 12.8 Å². The van der Waals surface area contributed by atoms with Gasteiger partial charge in [-0.25, -0.2) is 9.98 Å². The van der Waals surface area contributed by atoms with Crippen molar-refractivity contribution in [3.05, 3.63) is 0 Å². The van der Waals surface area contributed by atoms with Crippen LogP contribution in [0.5, 0.6) is 0 Å². The van der Waals surface area contributed by atoms with Gasteiger partial charge in [0.1, 0.15) is 17.9 Å². The van der Waals surface area contributed by atoms with Gasteiger partial charge in [0, 0.05) is 6.21 Å². The highest BCUT2D eigenvalue weighted by molar-refractivity contribution is 5.99. The first-order valence-electron chi connectivity index (χ1n) is 8.17. The molecule has 0 saturated heterocycles. The molecule has 5 nitrogen and oxygen atoms in total. The molecule has 3 aliphatic rings. The summed E-state index contributed by atoms with van der Waals surface area (Å²) in [5.74, 6) is -0.0530. The second kappa shape index (κ2) is 6.69. The summed E-state index contributed by atoms with van der Waals surface area (Å²) in [6, 6.07) is 0. The highest BCUT2D eigenvalue weighted by atomic mass is 16.6. The van der Waals surface area contributed by atoms with Crippen molar-refractivity contribution in [3.63, 3.8) is 0 Å². The number of hydrogen-bond donors (Lipinski definition) is 0. The maximum Gasteiger partial charge on any atom is 0.319 e. The number of esters is 1. The Bertz CT molecular complexity index is 435. The lowest BCUT2D eigenvalue weighted by Gasteiger charge is -2.26. The van der Waals surface area contributed by atoms with Crippen molar-refractivity contribution in [1.29, 1.82) is 0 Å². The monoisotopic (exact) mass is 292 g/mol. The average molecular weight is 292 g/mol. The predicted molar refractivity (Wildman–Crippen MR) is 80.6 cm³/mol. The third-order valence-electron chi connectivity index (χ3n) is 4.53. The van der Waals surface area contributed by atoms with Crippen LogP contribution in [0.3, 0.4) is 0 Å². The van der Waals surface area contributed by atoms with Gasteiger partial charge in [-0.15, -0.1) is 0 Å². The molecule has 0 aromatic rings. The Kier molecular flexibility index (Phi) is 4.68. The Morgan fingerprint density at radius 1 is 1.10 bits per heavy atom. The maximum atomic E-state index is 12.4. The predicted octanol–water partition coefficient (Wildman–Crippen LogP) is 2.88. The molecule has 0 N–H and O–H groups in total. The smallest absolute Gasteiger partial charge is 0.319 e. The number of ether oxygens (including phenoxy) is 2. The summed E-state index contributed by atoms with van der Waals surface area (Å²) in [6.45, 7) is 1.83. The highest BCUT2D eigenvalue weighted by Gasteiger charge is 2.35. The zero-order valence-corrected chi connectivity index (χ0v) is 12.7. The fourth-order valence-electron chi connectivity index (χ4n) is 3.32. The molecule has 2 atom stereocenters. The van der Waals surface area contributed by atoms with E-state index in [9.17, 15) is 4.79 Å². The molecule has 116 valence electrons. The first-order valence-corrected chi connectivity index (χ1v) is 8.17. The summed E-state index contributed by atoms with van der Waals surface area (Å²) < 4.78 is 11.6. The van der Waals surface area contributed by atoms with Crippen LogP contribution in [0.25, 0.3) is 0 Å². The maximum absolute atomic E-state index is 12.4. The average Bonchev–Trinajstić information content (AvgIpc) is 3.12. The van der Waals surface area contributed by atoms with E-state index >= 15 is 0 Å². The van der Waals surface area contributed by atoms with E-state index < -0.39 is 12.1 Å². The van der Waals surface area contributed by atoms with Crippen molar-refractivity contribution in [1.82, 2.24) is 0 Å². The molecule has 0 amide bonds. The van der Waals surface area contributed by atoms with Gasteiger partial charge in [0.25, 0.3) is 0 Å². The third kappa shape index (κ3) is 3.70. The molecule has 2 fully saturated rings. The van der Waals surface area contributed by atoms with Crippen LogP contribution < -0.4 is 0 Å². The van der Waals surface area contributed by atoms with Gasteiger partial charge in [-0.3, -0.25) is 4.79 Å². The molecule has 5 heteroatoms. The Morgan fingerprint density at radius 3 is 2.38 bits per heavy atom. The fraction of sp³-hybridized carbons (Fsp3) is 0.812. The van der Waals surface area contributed by atoms with Crippen LogP contribution in [-0.4, -0.2) is 36.5 Å². The first-order chi connectivity index (χ1) is 10.2. The molecule has 0 aromatic carbocycles. The van der Waals surface area contributed by atoms with Crippen molar-refractivity contribution >= 4 is 18.0 Å². The zero-order chi connectivity index (χ0) is 14.7. The Hall–Kier alpha value is -1.23. The van der Waals surface area contributed by atoms with Crippen LogP contribution in [-0.2, 0) is 14.3 Å². The number of rotatable bonds is 4.